The van der Waals surface area contributed by atoms with Gasteiger partial charge < -0.3 is 20.3 Å². The van der Waals surface area contributed by atoms with E-state index in [1.807, 2.05) is 0 Å². The van der Waals surface area contributed by atoms with Crippen LogP contribution in [0.5, 0.6) is 0 Å². The van der Waals surface area contributed by atoms with Crippen LogP contribution in [0.1, 0.15) is 19.3 Å². The van der Waals surface area contributed by atoms with Crippen molar-refractivity contribution >= 4 is 11.9 Å². The third-order valence-corrected chi connectivity index (χ3v) is 2.93. The lowest BCUT2D eigenvalue weighted by Gasteiger charge is -2.10. The Kier molecular flexibility index (Phi) is 5.93. The normalized spacial score (nSPS) is 23.6. The lowest BCUT2D eigenvalue weighted by atomic mass is 10.0. The van der Waals surface area contributed by atoms with Crippen LogP contribution in [0, 0.1) is 11.8 Å². The molecule has 2 unspecified atom stereocenters. The number of hydrogen-bond donors (Lipinski definition) is 3. The number of aliphatic hydroxyl groups excluding tert-OH is 1. The van der Waals surface area contributed by atoms with Gasteiger partial charge >= 0.3 is 5.97 Å². The zero-order valence-electron chi connectivity index (χ0n) is 9.72. The average Bonchev–Trinajstić information content (AvgIpc) is 2.78. The molecular weight excluding hydrogens is 226 g/mol. The number of carbonyl (C=O) groups excluding carboxylic acids is 1. The zero-order chi connectivity index (χ0) is 12.7. The molecule has 0 radical (unpaired) electrons. The summed E-state index contributed by atoms with van der Waals surface area (Å²) in [6, 6.07) is 0. The fourth-order valence-corrected chi connectivity index (χ4v) is 2.00. The van der Waals surface area contributed by atoms with Gasteiger partial charge in [-0.15, -0.1) is 0 Å². The second-order valence-electron chi connectivity index (χ2n) is 4.17. The third-order valence-electron chi connectivity index (χ3n) is 2.93. The fraction of sp³-hybridized carbons (Fsp3) is 0.818. The Bertz CT molecular complexity index is 269. The van der Waals surface area contributed by atoms with E-state index in [1.54, 1.807) is 0 Å². The molecule has 0 spiro atoms. The van der Waals surface area contributed by atoms with Crippen LogP contribution >= 0.6 is 0 Å². The van der Waals surface area contributed by atoms with Crippen molar-refractivity contribution in [3.8, 4) is 0 Å². The van der Waals surface area contributed by atoms with E-state index < -0.39 is 5.97 Å². The SMILES string of the molecule is O=C(O)C1CCC(C(=O)NCCOCCO)C1. The molecule has 0 bridgehead atoms. The van der Waals surface area contributed by atoms with Crippen LogP contribution in [-0.4, -0.2) is 48.5 Å². The van der Waals surface area contributed by atoms with E-state index in [0.717, 1.165) is 0 Å². The van der Waals surface area contributed by atoms with Gasteiger partial charge in [0.2, 0.25) is 5.91 Å². The van der Waals surface area contributed by atoms with Gasteiger partial charge in [0, 0.05) is 12.5 Å². The minimum Gasteiger partial charge on any atom is -0.481 e. The van der Waals surface area contributed by atoms with E-state index >= 15 is 0 Å². The van der Waals surface area contributed by atoms with Crippen LogP contribution in [0.2, 0.25) is 0 Å². The quantitative estimate of drug-likeness (QED) is 0.531. The van der Waals surface area contributed by atoms with Gasteiger partial charge in [0.25, 0.3) is 0 Å². The molecule has 0 saturated heterocycles. The molecule has 1 amide bonds. The smallest absolute Gasteiger partial charge is 0.306 e. The molecule has 1 aliphatic carbocycles. The maximum Gasteiger partial charge on any atom is 0.306 e. The summed E-state index contributed by atoms with van der Waals surface area (Å²) in [5, 5.41) is 20.0. The monoisotopic (exact) mass is 245 g/mol. The van der Waals surface area contributed by atoms with Crippen LogP contribution in [0.4, 0.5) is 0 Å². The Hall–Kier alpha value is -1.14. The molecule has 0 aromatic heterocycles. The molecule has 6 nitrogen and oxygen atoms in total. The lowest BCUT2D eigenvalue weighted by Crippen LogP contribution is -2.32. The van der Waals surface area contributed by atoms with E-state index in [2.05, 4.69) is 5.32 Å². The molecule has 1 fully saturated rings. The van der Waals surface area contributed by atoms with Gasteiger partial charge in [-0.25, -0.2) is 0 Å². The largest absolute Gasteiger partial charge is 0.481 e. The highest BCUT2D eigenvalue weighted by molar-refractivity contribution is 5.80. The summed E-state index contributed by atoms with van der Waals surface area (Å²) in [7, 11) is 0. The highest BCUT2D eigenvalue weighted by Crippen LogP contribution is 2.30. The predicted molar refractivity (Wildman–Crippen MR) is 59.4 cm³/mol. The van der Waals surface area contributed by atoms with Gasteiger partial charge in [0.05, 0.1) is 25.7 Å². The molecule has 0 aromatic carbocycles. The average molecular weight is 245 g/mol. The Morgan fingerprint density at radius 3 is 2.53 bits per heavy atom. The number of rotatable bonds is 7. The van der Waals surface area contributed by atoms with Crippen molar-refractivity contribution in [2.45, 2.75) is 19.3 Å². The highest BCUT2D eigenvalue weighted by Gasteiger charge is 2.33. The van der Waals surface area contributed by atoms with E-state index in [0.29, 0.717) is 32.4 Å². The Morgan fingerprint density at radius 2 is 1.94 bits per heavy atom. The molecule has 98 valence electrons. The van der Waals surface area contributed by atoms with Crippen molar-refractivity contribution in [2.24, 2.45) is 11.8 Å². The van der Waals surface area contributed by atoms with Crippen molar-refractivity contribution in [2.75, 3.05) is 26.4 Å². The maximum absolute atomic E-state index is 11.6. The summed E-state index contributed by atoms with van der Waals surface area (Å²) in [4.78, 5) is 22.4. The van der Waals surface area contributed by atoms with E-state index in [4.69, 9.17) is 14.9 Å². The minimum atomic E-state index is -0.813. The summed E-state index contributed by atoms with van der Waals surface area (Å²) in [6.07, 6.45) is 1.65. The number of ether oxygens (including phenoxy) is 1. The van der Waals surface area contributed by atoms with Crippen molar-refractivity contribution in [1.82, 2.24) is 5.32 Å². The van der Waals surface area contributed by atoms with Gasteiger partial charge in [0.1, 0.15) is 0 Å². The lowest BCUT2D eigenvalue weighted by molar-refractivity contribution is -0.141. The molecule has 3 N–H and O–H groups in total. The minimum absolute atomic E-state index is 0.0309. The number of aliphatic carboxylic acids is 1. The second kappa shape index (κ2) is 7.24. The third kappa shape index (κ3) is 4.70. The number of hydrogen-bond acceptors (Lipinski definition) is 4. The number of aliphatic hydroxyl groups is 1. The first-order valence-corrected chi connectivity index (χ1v) is 5.84. The predicted octanol–water partition coefficient (Wildman–Crippen LogP) is -0.388. The molecule has 1 rings (SSSR count). The molecule has 2 atom stereocenters. The molecule has 1 saturated carbocycles. The molecule has 1 aliphatic rings. The molecule has 0 heterocycles. The fourth-order valence-electron chi connectivity index (χ4n) is 2.00. The summed E-state index contributed by atoms with van der Waals surface area (Å²) in [5.74, 6) is -1.47. The van der Waals surface area contributed by atoms with E-state index in [-0.39, 0.29) is 31.0 Å². The number of carboxylic acids is 1. The van der Waals surface area contributed by atoms with Gasteiger partial charge in [0.15, 0.2) is 0 Å². The molecule has 0 aliphatic heterocycles. The summed E-state index contributed by atoms with van der Waals surface area (Å²) >= 11 is 0. The van der Waals surface area contributed by atoms with Crippen LogP contribution in [0.3, 0.4) is 0 Å². The summed E-state index contributed by atoms with van der Waals surface area (Å²) < 4.78 is 5.00. The van der Waals surface area contributed by atoms with Crippen molar-refractivity contribution < 1.29 is 24.5 Å². The number of nitrogens with one attached hydrogen (secondary N) is 1. The van der Waals surface area contributed by atoms with Gasteiger partial charge in [-0.2, -0.15) is 0 Å². The van der Waals surface area contributed by atoms with E-state index in [9.17, 15) is 9.59 Å². The van der Waals surface area contributed by atoms with Gasteiger partial charge in [-0.05, 0) is 19.3 Å². The molecule has 0 aromatic rings. The van der Waals surface area contributed by atoms with Gasteiger partial charge in [-0.1, -0.05) is 0 Å². The number of amides is 1. The van der Waals surface area contributed by atoms with Crippen molar-refractivity contribution in [3.63, 3.8) is 0 Å². The highest BCUT2D eigenvalue weighted by atomic mass is 16.5. The summed E-state index contributed by atoms with van der Waals surface area (Å²) in [5.41, 5.74) is 0. The second-order valence-corrected chi connectivity index (χ2v) is 4.17. The van der Waals surface area contributed by atoms with E-state index in [1.165, 1.54) is 0 Å². The Labute approximate surface area is 100.0 Å². The standard InChI is InChI=1S/C11H19NO5/c13-4-6-17-5-3-12-10(14)8-1-2-9(7-8)11(15)16/h8-9,13H,1-7H2,(H,12,14)(H,15,16). The molecular formula is C11H19NO5. The first-order valence-electron chi connectivity index (χ1n) is 5.84. The first-order chi connectivity index (χ1) is 8.15. The van der Waals surface area contributed by atoms with Crippen LogP contribution in [-0.2, 0) is 14.3 Å². The Morgan fingerprint density at radius 1 is 1.24 bits per heavy atom. The molecule has 17 heavy (non-hydrogen) atoms. The topological polar surface area (TPSA) is 95.9 Å². The van der Waals surface area contributed by atoms with Gasteiger partial charge in [-0.3, -0.25) is 9.59 Å². The molecule has 6 heteroatoms. The van der Waals surface area contributed by atoms with Crippen LogP contribution < -0.4 is 5.32 Å². The zero-order valence-corrected chi connectivity index (χ0v) is 9.72. The number of carbonyl (C=O) groups is 2. The van der Waals surface area contributed by atoms with Crippen molar-refractivity contribution in [3.05, 3.63) is 0 Å². The first kappa shape index (κ1) is 13.9. The summed E-state index contributed by atoms with van der Waals surface area (Å²) in [6.45, 7) is 0.992. The van der Waals surface area contributed by atoms with Crippen LogP contribution in [0.25, 0.3) is 0 Å². The number of carboxylic acid groups (broad SMARTS) is 1. The van der Waals surface area contributed by atoms with Crippen LogP contribution in [0.15, 0.2) is 0 Å². The Balaban J connectivity index is 2.14. The maximum atomic E-state index is 11.6. The van der Waals surface area contributed by atoms with Crippen molar-refractivity contribution in [1.29, 1.82) is 0 Å².